The number of hydrogen-bond acceptors (Lipinski definition) is 2. The molecule has 0 spiro atoms. The van der Waals surface area contributed by atoms with Gasteiger partial charge in [0.2, 0.25) is 0 Å². The van der Waals surface area contributed by atoms with Crippen molar-refractivity contribution in [1.82, 2.24) is 0 Å². The van der Waals surface area contributed by atoms with Crippen LogP contribution in [0.1, 0.15) is 34.1 Å². The summed E-state index contributed by atoms with van der Waals surface area (Å²) < 4.78 is 0. The van der Waals surface area contributed by atoms with E-state index in [1.54, 1.807) is 11.3 Å². The summed E-state index contributed by atoms with van der Waals surface area (Å²) in [6, 6.07) is 12.2. The average molecular weight is 244 g/mol. The highest BCUT2D eigenvalue weighted by Crippen LogP contribution is 2.20. The number of carbonyl (C=O) groups is 1. The van der Waals surface area contributed by atoms with E-state index in [2.05, 4.69) is 25.1 Å². The predicted octanol–water partition coefficient (Wildman–Crippen LogP) is 4.13. The molecule has 0 amide bonds. The second-order valence-electron chi connectivity index (χ2n) is 4.04. The molecule has 0 atom stereocenters. The highest BCUT2D eigenvalue weighted by Gasteiger charge is 2.11. The Hall–Kier alpha value is -1.41. The quantitative estimate of drug-likeness (QED) is 0.723. The summed E-state index contributed by atoms with van der Waals surface area (Å²) in [7, 11) is 0. The van der Waals surface area contributed by atoms with Gasteiger partial charge in [-0.05, 0) is 35.4 Å². The van der Waals surface area contributed by atoms with Crippen molar-refractivity contribution in [2.45, 2.75) is 26.2 Å². The molecule has 17 heavy (non-hydrogen) atoms. The normalized spacial score (nSPS) is 10.4. The van der Waals surface area contributed by atoms with Crippen molar-refractivity contribution >= 4 is 17.1 Å². The lowest BCUT2D eigenvalue weighted by molar-refractivity contribution is 0.0986. The number of Topliss-reactive ketones (excluding diaryl/α,β-unsaturated/α-hetero) is 1. The van der Waals surface area contributed by atoms with E-state index in [9.17, 15) is 4.79 Å². The zero-order valence-corrected chi connectivity index (χ0v) is 10.8. The smallest absolute Gasteiger partial charge is 0.173 e. The van der Waals surface area contributed by atoms with E-state index >= 15 is 0 Å². The van der Waals surface area contributed by atoms with Crippen molar-refractivity contribution in [1.29, 1.82) is 0 Å². The minimum Gasteiger partial charge on any atom is -0.293 e. The Morgan fingerprint density at radius 2 is 1.94 bits per heavy atom. The third-order valence-electron chi connectivity index (χ3n) is 2.86. The Balaban J connectivity index is 1.98. The minimum absolute atomic E-state index is 0.278. The molecule has 0 aliphatic rings. The van der Waals surface area contributed by atoms with E-state index in [0.717, 1.165) is 17.7 Å². The summed E-state index contributed by atoms with van der Waals surface area (Å²) in [6.45, 7) is 2.09. The average Bonchev–Trinajstić information content (AvgIpc) is 2.85. The largest absolute Gasteiger partial charge is 0.293 e. The molecule has 1 aromatic carbocycles. The Morgan fingerprint density at radius 3 is 2.65 bits per heavy atom. The number of carbonyl (C=O) groups excluding carboxylic acids is 1. The van der Waals surface area contributed by atoms with Crippen LogP contribution in [0.25, 0.3) is 0 Å². The fourth-order valence-corrected chi connectivity index (χ4v) is 2.84. The van der Waals surface area contributed by atoms with Gasteiger partial charge in [0, 0.05) is 6.42 Å². The van der Waals surface area contributed by atoms with Gasteiger partial charge >= 0.3 is 0 Å². The maximum Gasteiger partial charge on any atom is 0.173 e. The van der Waals surface area contributed by atoms with Gasteiger partial charge in [-0.1, -0.05) is 37.3 Å². The molecule has 0 aliphatic heterocycles. The Morgan fingerprint density at radius 1 is 1.18 bits per heavy atom. The van der Waals surface area contributed by atoms with Gasteiger partial charge in [-0.25, -0.2) is 0 Å². The molecule has 0 saturated carbocycles. The lowest BCUT2D eigenvalue weighted by Crippen LogP contribution is -2.01. The number of hydrogen-bond donors (Lipinski definition) is 0. The molecule has 2 aromatic rings. The second kappa shape index (κ2) is 5.78. The number of rotatable bonds is 5. The standard InChI is InChI=1S/C15H16OS/c1-2-13-10-11-17-15(13)14(16)9-8-12-6-4-3-5-7-12/h3-7,10-11H,2,8-9H2,1H3. The van der Waals surface area contributed by atoms with Gasteiger partial charge in [0.05, 0.1) is 4.88 Å². The molecule has 1 heterocycles. The summed E-state index contributed by atoms with van der Waals surface area (Å²) in [4.78, 5) is 13.0. The first-order valence-electron chi connectivity index (χ1n) is 5.94. The lowest BCUT2D eigenvalue weighted by Gasteiger charge is -2.01. The highest BCUT2D eigenvalue weighted by molar-refractivity contribution is 7.12. The zero-order valence-electron chi connectivity index (χ0n) is 9.98. The van der Waals surface area contributed by atoms with Gasteiger partial charge in [-0.2, -0.15) is 0 Å². The van der Waals surface area contributed by atoms with Gasteiger partial charge in [-0.3, -0.25) is 4.79 Å². The predicted molar refractivity (Wildman–Crippen MR) is 72.8 cm³/mol. The number of ketones is 1. The lowest BCUT2D eigenvalue weighted by atomic mass is 10.0. The fraction of sp³-hybridized carbons (Fsp3) is 0.267. The zero-order chi connectivity index (χ0) is 12.1. The van der Waals surface area contributed by atoms with E-state index < -0.39 is 0 Å². The summed E-state index contributed by atoms with van der Waals surface area (Å²) >= 11 is 1.57. The van der Waals surface area contributed by atoms with Crippen molar-refractivity contribution in [2.75, 3.05) is 0 Å². The first-order chi connectivity index (χ1) is 8.31. The van der Waals surface area contributed by atoms with Crippen LogP contribution in [-0.4, -0.2) is 5.78 Å². The van der Waals surface area contributed by atoms with Crippen LogP contribution < -0.4 is 0 Å². The van der Waals surface area contributed by atoms with Gasteiger partial charge in [0.25, 0.3) is 0 Å². The van der Waals surface area contributed by atoms with E-state index in [1.165, 1.54) is 11.1 Å². The maximum atomic E-state index is 12.1. The van der Waals surface area contributed by atoms with Crippen molar-refractivity contribution in [2.24, 2.45) is 0 Å². The molecular weight excluding hydrogens is 228 g/mol. The van der Waals surface area contributed by atoms with Crippen LogP contribution in [0.3, 0.4) is 0 Å². The van der Waals surface area contributed by atoms with Gasteiger partial charge in [0.1, 0.15) is 0 Å². The molecule has 0 radical (unpaired) electrons. The first kappa shape index (κ1) is 12.1. The number of benzene rings is 1. The number of thiophene rings is 1. The number of aryl methyl sites for hydroxylation is 2. The Kier molecular flexibility index (Phi) is 4.10. The second-order valence-corrected chi connectivity index (χ2v) is 4.95. The van der Waals surface area contributed by atoms with Crippen molar-refractivity contribution in [3.8, 4) is 0 Å². The first-order valence-corrected chi connectivity index (χ1v) is 6.82. The summed E-state index contributed by atoms with van der Waals surface area (Å²) in [5.41, 5.74) is 2.42. The Labute approximate surface area is 106 Å². The van der Waals surface area contributed by atoms with Crippen LogP contribution in [-0.2, 0) is 12.8 Å². The minimum atomic E-state index is 0.278. The molecule has 2 rings (SSSR count). The summed E-state index contributed by atoms with van der Waals surface area (Å²) in [5.74, 6) is 0.278. The fourth-order valence-electron chi connectivity index (χ4n) is 1.87. The third kappa shape index (κ3) is 3.04. The van der Waals surface area contributed by atoms with Crippen molar-refractivity contribution in [3.05, 3.63) is 57.8 Å². The molecule has 2 heteroatoms. The van der Waals surface area contributed by atoms with E-state index in [0.29, 0.717) is 6.42 Å². The molecule has 88 valence electrons. The van der Waals surface area contributed by atoms with Crippen LogP contribution in [0, 0.1) is 0 Å². The molecule has 1 aromatic heterocycles. The molecule has 0 aliphatic carbocycles. The monoisotopic (exact) mass is 244 g/mol. The molecule has 0 saturated heterocycles. The van der Waals surface area contributed by atoms with Crippen LogP contribution in [0.4, 0.5) is 0 Å². The third-order valence-corrected chi connectivity index (χ3v) is 3.86. The molecule has 1 nitrogen and oxygen atoms in total. The van der Waals surface area contributed by atoms with E-state index in [-0.39, 0.29) is 5.78 Å². The molecule has 0 N–H and O–H groups in total. The molecular formula is C15H16OS. The topological polar surface area (TPSA) is 17.1 Å². The van der Waals surface area contributed by atoms with E-state index in [1.807, 2.05) is 23.6 Å². The van der Waals surface area contributed by atoms with Gasteiger partial charge < -0.3 is 0 Å². The van der Waals surface area contributed by atoms with Crippen LogP contribution in [0.5, 0.6) is 0 Å². The van der Waals surface area contributed by atoms with Crippen LogP contribution in [0.2, 0.25) is 0 Å². The van der Waals surface area contributed by atoms with Crippen LogP contribution >= 0.6 is 11.3 Å². The van der Waals surface area contributed by atoms with Gasteiger partial charge in [0.15, 0.2) is 5.78 Å². The Bertz CT molecular complexity index is 485. The van der Waals surface area contributed by atoms with E-state index in [4.69, 9.17) is 0 Å². The summed E-state index contributed by atoms with van der Waals surface area (Å²) in [5, 5.41) is 2.01. The highest BCUT2D eigenvalue weighted by atomic mass is 32.1. The maximum absolute atomic E-state index is 12.1. The summed E-state index contributed by atoms with van der Waals surface area (Å²) in [6.07, 6.45) is 2.38. The van der Waals surface area contributed by atoms with Crippen molar-refractivity contribution < 1.29 is 4.79 Å². The molecule has 0 bridgehead atoms. The van der Waals surface area contributed by atoms with Crippen LogP contribution in [0.15, 0.2) is 41.8 Å². The van der Waals surface area contributed by atoms with Crippen molar-refractivity contribution in [3.63, 3.8) is 0 Å². The molecule has 0 fully saturated rings. The van der Waals surface area contributed by atoms with Gasteiger partial charge in [-0.15, -0.1) is 11.3 Å². The molecule has 0 unspecified atom stereocenters. The SMILES string of the molecule is CCc1ccsc1C(=O)CCc1ccccc1.